The zero-order chi connectivity index (χ0) is 28.4. The topological polar surface area (TPSA) is 69.7 Å². The SMILES string of the molecule is CCCC(=O)c1ccccc1.O=C(CCCN1CCC2(CC1)C(=O)NCN2c1ccccc1)c1ccc(F)cc1. The van der Waals surface area contributed by atoms with Gasteiger partial charge in [0, 0.05) is 42.7 Å². The van der Waals surface area contributed by atoms with Gasteiger partial charge in [0.1, 0.15) is 11.4 Å². The quantitative estimate of drug-likeness (QED) is 0.341. The number of carbonyl (C=O) groups excluding carboxylic acids is 3. The molecule has 7 heteroatoms. The second-order valence-corrected chi connectivity index (χ2v) is 10.4. The highest BCUT2D eigenvalue weighted by molar-refractivity contribution is 5.96. The van der Waals surface area contributed by atoms with Gasteiger partial charge in [0.25, 0.3) is 0 Å². The average Bonchev–Trinajstić information content (AvgIpc) is 3.30. The first-order valence-electron chi connectivity index (χ1n) is 14.1. The molecule has 40 heavy (non-hydrogen) atoms. The number of anilines is 1. The highest BCUT2D eigenvalue weighted by Gasteiger charge is 2.50. The number of nitrogens with zero attached hydrogens (tertiary/aromatic N) is 2. The van der Waals surface area contributed by atoms with Gasteiger partial charge in [-0.1, -0.05) is 55.5 Å². The second-order valence-electron chi connectivity index (χ2n) is 10.4. The number of halogens is 1. The van der Waals surface area contributed by atoms with Crippen molar-refractivity contribution < 1.29 is 18.8 Å². The Hall–Kier alpha value is -3.84. The Morgan fingerprint density at radius 1 is 0.825 bits per heavy atom. The van der Waals surface area contributed by atoms with Crippen LogP contribution in [0.5, 0.6) is 0 Å². The minimum Gasteiger partial charge on any atom is -0.339 e. The molecule has 0 aromatic heterocycles. The summed E-state index contributed by atoms with van der Waals surface area (Å²) in [4.78, 5) is 40.7. The van der Waals surface area contributed by atoms with E-state index in [9.17, 15) is 18.8 Å². The number of ketones is 2. The molecule has 0 atom stereocenters. The fourth-order valence-corrected chi connectivity index (χ4v) is 5.42. The van der Waals surface area contributed by atoms with Crippen molar-refractivity contribution in [1.29, 1.82) is 0 Å². The Balaban J connectivity index is 0.000000283. The van der Waals surface area contributed by atoms with E-state index in [0.717, 1.165) is 56.6 Å². The second kappa shape index (κ2) is 14.0. The number of para-hydroxylation sites is 1. The summed E-state index contributed by atoms with van der Waals surface area (Å²) < 4.78 is 13.0. The summed E-state index contributed by atoms with van der Waals surface area (Å²) in [6.45, 7) is 5.06. The van der Waals surface area contributed by atoms with Crippen molar-refractivity contribution in [2.24, 2.45) is 0 Å². The maximum absolute atomic E-state index is 13.0. The van der Waals surface area contributed by atoms with Gasteiger partial charge in [0.15, 0.2) is 11.6 Å². The van der Waals surface area contributed by atoms with Gasteiger partial charge in [-0.25, -0.2) is 4.39 Å². The number of hydrogen-bond acceptors (Lipinski definition) is 5. The molecule has 2 fully saturated rings. The van der Waals surface area contributed by atoms with Crippen molar-refractivity contribution in [2.75, 3.05) is 31.2 Å². The van der Waals surface area contributed by atoms with Gasteiger partial charge in [-0.2, -0.15) is 0 Å². The normalized spacial score (nSPS) is 16.2. The van der Waals surface area contributed by atoms with E-state index in [1.807, 2.05) is 55.5 Å². The molecule has 0 unspecified atom stereocenters. The van der Waals surface area contributed by atoms with Crippen molar-refractivity contribution in [3.05, 3.63) is 102 Å². The van der Waals surface area contributed by atoms with Gasteiger partial charge >= 0.3 is 0 Å². The minimum atomic E-state index is -0.470. The molecular weight excluding hydrogens is 505 g/mol. The monoisotopic (exact) mass is 543 g/mol. The van der Waals surface area contributed by atoms with E-state index in [1.54, 1.807) is 12.1 Å². The molecule has 6 nitrogen and oxygen atoms in total. The zero-order valence-corrected chi connectivity index (χ0v) is 23.2. The molecule has 210 valence electrons. The molecule has 1 N–H and O–H groups in total. The lowest BCUT2D eigenvalue weighted by Crippen LogP contribution is -2.56. The van der Waals surface area contributed by atoms with Crippen LogP contribution in [0.4, 0.5) is 10.1 Å². The third-order valence-electron chi connectivity index (χ3n) is 7.71. The molecule has 0 aliphatic carbocycles. The molecule has 1 spiro atoms. The molecule has 2 heterocycles. The number of hydrogen-bond donors (Lipinski definition) is 1. The Bertz CT molecular complexity index is 1260. The average molecular weight is 544 g/mol. The molecular formula is C33H38FN3O3. The number of rotatable bonds is 9. The highest BCUT2D eigenvalue weighted by Crippen LogP contribution is 2.36. The molecule has 2 aliphatic heterocycles. The van der Waals surface area contributed by atoms with Crippen molar-refractivity contribution in [2.45, 2.75) is 51.0 Å². The molecule has 3 aromatic rings. The molecule has 1 amide bonds. The molecule has 2 saturated heterocycles. The Morgan fingerprint density at radius 3 is 2.02 bits per heavy atom. The molecule has 0 saturated carbocycles. The predicted molar refractivity (Wildman–Crippen MR) is 156 cm³/mol. The first-order chi connectivity index (χ1) is 19.4. The van der Waals surface area contributed by atoms with Gasteiger partial charge in [-0.3, -0.25) is 14.4 Å². The zero-order valence-electron chi connectivity index (χ0n) is 23.2. The van der Waals surface area contributed by atoms with E-state index < -0.39 is 5.54 Å². The maximum atomic E-state index is 13.0. The van der Waals surface area contributed by atoms with Crippen LogP contribution < -0.4 is 10.2 Å². The fourth-order valence-electron chi connectivity index (χ4n) is 5.42. The summed E-state index contributed by atoms with van der Waals surface area (Å²) in [5.41, 5.74) is 1.99. The Labute approximate surface area is 236 Å². The number of Topliss-reactive ketones (excluding diaryl/α,β-unsaturated/α-hetero) is 2. The molecule has 3 aromatic carbocycles. The van der Waals surface area contributed by atoms with Crippen molar-refractivity contribution in [1.82, 2.24) is 10.2 Å². The summed E-state index contributed by atoms with van der Waals surface area (Å²) in [6, 6.07) is 25.2. The van der Waals surface area contributed by atoms with Gasteiger partial charge in [-0.05, 0) is 68.6 Å². The maximum Gasteiger partial charge on any atom is 0.247 e. The van der Waals surface area contributed by atoms with Crippen LogP contribution >= 0.6 is 0 Å². The van der Waals surface area contributed by atoms with Gasteiger partial charge in [0.05, 0.1) is 6.67 Å². The summed E-state index contributed by atoms with van der Waals surface area (Å²) in [6.07, 6.45) is 4.35. The first-order valence-corrected chi connectivity index (χ1v) is 14.1. The van der Waals surface area contributed by atoms with Crippen LogP contribution in [0.2, 0.25) is 0 Å². The summed E-state index contributed by atoms with van der Waals surface area (Å²) >= 11 is 0. The van der Waals surface area contributed by atoms with E-state index in [-0.39, 0.29) is 23.3 Å². The lowest BCUT2D eigenvalue weighted by atomic mass is 9.85. The lowest BCUT2D eigenvalue weighted by molar-refractivity contribution is -0.125. The number of likely N-dealkylation sites (tertiary alicyclic amines) is 1. The van der Waals surface area contributed by atoms with Crippen LogP contribution in [0, 0.1) is 5.82 Å². The largest absolute Gasteiger partial charge is 0.339 e. The minimum absolute atomic E-state index is 0.0453. The van der Waals surface area contributed by atoms with Gasteiger partial charge < -0.3 is 15.1 Å². The lowest BCUT2D eigenvalue weighted by Gasteiger charge is -2.43. The summed E-state index contributed by atoms with van der Waals surface area (Å²) in [5.74, 6) is 0.0776. The Kier molecular flexibility index (Phi) is 10.2. The summed E-state index contributed by atoms with van der Waals surface area (Å²) in [5, 5.41) is 3.02. The molecule has 0 bridgehead atoms. The van der Waals surface area contributed by atoms with Crippen LogP contribution in [0.25, 0.3) is 0 Å². The van der Waals surface area contributed by atoms with Crippen molar-refractivity contribution in [3.8, 4) is 0 Å². The van der Waals surface area contributed by atoms with Gasteiger partial charge in [0.2, 0.25) is 5.91 Å². The van der Waals surface area contributed by atoms with Crippen LogP contribution in [0.1, 0.15) is 66.2 Å². The third-order valence-corrected chi connectivity index (χ3v) is 7.71. The Morgan fingerprint density at radius 2 is 1.40 bits per heavy atom. The number of benzene rings is 3. The highest BCUT2D eigenvalue weighted by atomic mass is 19.1. The molecule has 2 aliphatic rings. The van der Waals surface area contributed by atoms with E-state index in [4.69, 9.17) is 0 Å². The molecule has 5 rings (SSSR count). The van der Waals surface area contributed by atoms with E-state index in [2.05, 4.69) is 27.2 Å². The van der Waals surface area contributed by atoms with Crippen LogP contribution in [-0.2, 0) is 4.79 Å². The first kappa shape index (κ1) is 29.2. The number of nitrogens with one attached hydrogen (secondary N) is 1. The van der Waals surface area contributed by atoms with E-state index in [0.29, 0.717) is 25.1 Å². The predicted octanol–water partition coefficient (Wildman–Crippen LogP) is 5.89. The van der Waals surface area contributed by atoms with Gasteiger partial charge in [-0.15, -0.1) is 0 Å². The van der Waals surface area contributed by atoms with Crippen LogP contribution in [-0.4, -0.2) is 54.2 Å². The standard InChI is InChI=1S/C23H26FN3O2.C10H12O/c24-19-10-8-18(9-11-19)21(28)7-4-14-26-15-12-23(13-16-26)22(29)25-17-27(23)20-5-2-1-3-6-20;1-2-6-10(11)9-7-4-3-5-8-9/h1-3,5-6,8-11H,4,7,12-17H2,(H,25,29);3-5,7-8H,2,6H2,1H3. The summed E-state index contributed by atoms with van der Waals surface area (Å²) in [7, 11) is 0. The fraction of sp³-hybridized carbons (Fsp3) is 0.364. The molecule has 0 radical (unpaired) electrons. The smallest absolute Gasteiger partial charge is 0.247 e. The number of piperidine rings is 1. The van der Waals surface area contributed by atoms with Crippen LogP contribution in [0.3, 0.4) is 0 Å². The van der Waals surface area contributed by atoms with Crippen molar-refractivity contribution >= 4 is 23.2 Å². The van der Waals surface area contributed by atoms with E-state index in [1.165, 1.54) is 12.1 Å². The third kappa shape index (κ3) is 7.21. The van der Waals surface area contributed by atoms with Crippen molar-refractivity contribution in [3.63, 3.8) is 0 Å². The number of carbonyl (C=O) groups is 3. The number of amides is 1. The van der Waals surface area contributed by atoms with Crippen LogP contribution in [0.15, 0.2) is 84.9 Å². The van der Waals surface area contributed by atoms with E-state index >= 15 is 0 Å².